The first kappa shape index (κ1) is 23.0. The lowest BCUT2D eigenvalue weighted by molar-refractivity contribution is 0.401. The van der Waals surface area contributed by atoms with Crippen molar-refractivity contribution in [1.29, 1.82) is 0 Å². The lowest BCUT2D eigenvalue weighted by Gasteiger charge is -2.25. The molecule has 2 N–H and O–H groups in total. The van der Waals surface area contributed by atoms with E-state index >= 15 is 4.39 Å². The van der Waals surface area contributed by atoms with Crippen LogP contribution in [0.3, 0.4) is 0 Å². The molecule has 1 heterocycles. The van der Waals surface area contributed by atoms with Gasteiger partial charge in [0.1, 0.15) is 17.5 Å². The number of benzene rings is 2. The lowest BCUT2D eigenvalue weighted by atomic mass is 9.91. The van der Waals surface area contributed by atoms with E-state index in [0.717, 1.165) is 25.0 Å². The largest absolute Gasteiger partial charge is 0.311 e. The Morgan fingerprint density at radius 1 is 1.10 bits per heavy atom. The highest BCUT2D eigenvalue weighted by Gasteiger charge is 2.57. The van der Waals surface area contributed by atoms with Crippen LogP contribution in [-0.2, 0) is 16.4 Å². The zero-order valence-corrected chi connectivity index (χ0v) is 17.4. The molecule has 2 aromatic carbocycles. The molecule has 0 unspecified atom stereocenters. The van der Waals surface area contributed by atoms with Gasteiger partial charge < -0.3 is 5.32 Å². The number of sulfonamides is 1. The second kappa shape index (κ2) is 8.45. The van der Waals surface area contributed by atoms with Crippen LogP contribution in [0, 0.1) is 22.9 Å². The quantitative estimate of drug-likeness (QED) is 0.641. The van der Waals surface area contributed by atoms with Gasteiger partial charge in [-0.05, 0) is 42.5 Å². The number of nitrogens with one attached hydrogen (secondary N) is 2. The fourth-order valence-electron chi connectivity index (χ4n) is 4.17. The molecule has 0 aromatic heterocycles. The SMILES string of the molecule is Cl.O=S(=O)(CF)N[C@@H]1[C@H](Cc2cccc(-c3cc(F)cc(F)c3)c2F)NCC12CC2. The zero-order valence-electron chi connectivity index (χ0n) is 15.8. The van der Waals surface area contributed by atoms with Gasteiger partial charge in [0.05, 0.1) is 0 Å². The molecule has 1 aliphatic heterocycles. The van der Waals surface area contributed by atoms with Gasteiger partial charge in [-0.3, -0.25) is 0 Å². The van der Waals surface area contributed by atoms with Crippen LogP contribution in [0.25, 0.3) is 11.1 Å². The molecule has 2 fully saturated rings. The minimum Gasteiger partial charge on any atom is -0.311 e. The Bertz CT molecular complexity index is 1030. The van der Waals surface area contributed by atoms with Crippen LogP contribution < -0.4 is 10.0 Å². The molecule has 1 saturated heterocycles. The summed E-state index contributed by atoms with van der Waals surface area (Å²) in [7, 11) is -4.06. The molecule has 2 atom stereocenters. The summed E-state index contributed by atoms with van der Waals surface area (Å²) in [5, 5.41) is 3.22. The van der Waals surface area contributed by atoms with Crippen molar-refractivity contribution in [2.45, 2.75) is 31.3 Å². The van der Waals surface area contributed by atoms with E-state index in [1.54, 1.807) is 12.1 Å². The molecule has 4 nitrogen and oxygen atoms in total. The normalized spacial score (nSPS) is 22.1. The third-order valence-electron chi connectivity index (χ3n) is 5.81. The van der Waals surface area contributed by atoms with Crippen LogP contribution in [0.2, 0.25) is 0 Å². The van der Waals surface area contributed by atoms with Gasteiger partial charge in [0.15, 0.2) is 0 Å². The molecule has 0 radical (unpaired) electrons. The summed E-state index contributed by atoms with van der Waals surface area (Å²) >= 11 is 0. The molecule has 30 heavy (non-hydrogen) atoms. The first-order valence-corrected chi connectivity index (χ1v) is 10.9. The number of alkyl halides is 1. The molecule has 4 rings (SSSR count). The maximum absolute atomic E-state index is 15.1. The van der Waals surface area contributed by atoms with E-state index in [2.05, 4.69) is 10.0 Å². The molecule has 164 valence electrons. The third-order valence-corrected chi connectivity index (χ3v) is 6.71. The van der Waals surface area contributed by atoms with Crippen molar-refractivity contribution in [2.24, 2.45) is 5.41 Å². The van der Waals surface area contributed by atoms with E-state index in [1.165, 1.54) is 6.07 Å². The molecule has 2 aromatic rings. The zero-order chi connectivity index (χ0) is 20.8. The Morgan fingerprint density at radius 3 is 2.37 bits per heavy atom. The van der Waals surface area contributed by atoms with Crippen molar-refractivity contribution < 1.29 is 26.0 Å². The summed E-state index contributed by atoms with van der Waals surface area (Å²) in [6.45, 7) is 0.563. The van der Waals surface area contributed by atoms with Crippen LogP contribution in [0.4, 0.5) is 17.6 Å². The van der Waals surface area contributed by atoms with Crippen LogP contribution in [0.5, 0.6) is 0 Å². The highest BCUT2D eigenvalue weighted by atomic mass is 35.5. The summed E-state index contributed by atoms with van der Waals surface area (Å²) in [4.78, 5) is 0. The smallest absolute Gasteiger partial charge is 0.241 e. The van der Waals surface area contributed by atoms with E-state index in [4.69, 9.17) is 0 Å². The molecule has 0 amide bonds. The van der Waals surface area contributed by atoms with Gasteiger partial charge in [-0.1, -0.05) is 18.2 Å². The van der Waals surface area contributed by atoms with E-state index in [1.807, 2.05) is 0 Å². The number of rotatable bonds is 6. The average molecular weight is 465 g/mol. The van der Waals surface area contributed by atoms with Gasteiger partial charge in [0, 0.05) is 35.7 Å². The molecule has 10 heteroatoms. The Hall–Kier alpha value is -1.68. The van der Waals surface area contributed by atoms with Crippen LogP contribution >= 0.6 is 12.4 Å². The predicted molar refractivity (Wildman–Crippen MR) is 108 cm³/mol. The van der Waals surface area contributed by atoms with Crippen molar-refractivity contribution in [1.82, 2.24) is 10.0 Å². The standard InChI is InChI=1S/C20H20F4N2O2S.ClH/c21-11-29(27,28)26-19-17(25-10-20(19)4-5-20)8-12-2-1-3-16(18(12)24)13-6-14(22)9-15(23)7-13;/h1-3,6-7,9,17,19,25-26H,4-5,8,10-11H2;1H/t17-,19+;/m0./s1. The lowest BCUT2D eigenvalue weighted by Crippen LogP contribution is -2.48. The molecule has 0 bridgehead atoms. The van der Waals surface area contributed by atoms with Crippen molar-refractivity contribution in [2.75, 3.05) is 12.6 Å². The van der Waals surface area contributed by atoms with Crippen molar-refractivity contribution >= 4 is 22.4 Å². The highest BCUT2D eigenvalue weighted by molar-refractivity contribution is 7.89. The van der Waals surface area contributed by atoms with Crippen molar-refractivity contribution in [3.05, 3.63) is 59.4 Å². The predicted octanol–water partition coefficient (Wildman–Crippen LogP) is 3.70. The van der Waals surface area contributed by atoms with Crippen LogP contribution in [-0.4, -0.2) is 33.1 Å². The summed E-state index contributed by atoms with van der Waals surface area (Å²) in [6, 6.07) is 4.90. The van der Waals surface area contributed by atoms with E-state index in [0.29, 0.717) is 12.6 Å². The maximum atomic E-state index is 15.1. The second-order valence-corrected chi connectivity index (χ2v) is 9.49. The summed E-state index contributed by atoms with van der Waals surface area (Å²) < 4.78 is 81.0. The fraction of sp³-hybridized carbons (Fsp3) is 0.400. The highest BCUT2D eigenvalue weighted by Crippen LogP contribution is 2.52. The van der Waals surface area contributed by atoms with Crippen LogP contribution in [0.1, 0.15) is 18.4 Å². The maximum Gasteiger partial charge on any atom is 0.241 e. The van der Waals surface area contributed by atoms with E-state index in [-0.39, 0.29) is 40.9 Å². The van der Waals surface area contributed by atoms with Gasteiger partial charge >= 0.3 is 0 Å². The van der Waals surface area contributed by atoms with Gasteiger partial charge in [-0.2, -0.15) is 0 Å². The van der Waals surface area contributed by atoms with Crippen molar-refractivity contribution in [3.8, 4) is 11.1 Å². The molecular formula is C20H21ClF4N2O2S. The van der Waals surface area contributed by atoms with Gasteiger partial charge in [-0.15, -0.1) is 12.4 Å². The third kappa shape index (κ3) is 4.49. The van der Waals surface area contributed by atoms with E-state index < -0.39 is 45.6 Å². The summed E-state index contributed by atoms with van der Waals surface area (Å²) in [5.74, 6) is -2.24. The first-order chi connectivity index (χ1) is 13.7. The van der Waals surface area contributed by atoms with Crippen molar-refractivity contribution in [3.63, 3.8) is 0 Å². The van der Waals surface area contributed by atoms with Gasteiger partial charge in [0.25, 0.3) is 0 Å². The monoisotopic (exact) mass is 464 g/mol. The molecular weight excluding hydrogens is 444 g/mol. The Balaban J connectivity index is 0.00000256. The topological polar surface area (TPSA) is 58.2 Å². The average Bonchev–Trinajstić information content (AvgIpc) is 3.38. The first-order valence-electron chi connectivity index (χ1n) is 9.26. The molecule has 1 aliphatic carbocycles. The minimum atomic E-state index is -4.06. The van der Waals surface area contributed by atoms with E-state index in [9.17, 15) is 21.6 Å². The summed E-state index contributed by atoms with van der Waals surface area (Å²) in [5.41, 5.74) is 0.148. The number of halogens is 5. The second-order valence-electron chi connectivity index (χ2n) is 7.81. The van der Waals surface area contributed by atoms with Crippen LogP contribution in [0.15, 0.2) is 36.4 Å². The Kier molecular flexibility index (Phi) is 6.48. The summed E-state index contributed by atoms with van der Waals surface area (Å²) in [6.07, 6.45) is 1.76. The molecule has 1 spiro atoms. The minimum absolute atomic E-state index is 0. The number of hydrogen-bond donors (Lipinski definition) is 2. The molecule has 1 saturated carbocycles. The van der Waals surface area contributed by atoms with Gasteiger partial charge in [0.2, 0.25) is 16.0 Å². The number of hydrogen-bond acceptors (Lipinski definition) is 3. The Labute approximate surface area is 178 Å². The Morgan fingerprint density at radius 2 is 1.77 bits per heavy atom. The van der Waals surface area contributed by atoms with Gasteiger partial charge in [-0.25, -0.2) is 30.7 Å². The fourth-order valence-corrected chi connectivity index (χ4v) is 5.03. The molecule has 2 aliphatic rings.